The Balaban J connectivity index is 1.76. The highest BCUT2D eigenvalue weighted by molar-refractivity contribution is 9.10. The van der Waals surface area contributed by atoms with Crippen molar-refractivity contribution >= 4 is 27.7 Å². The Labute approximate surface area is 167 Å². The van der Waals surface area contributed by atoms with Gasteiger partial charge < -0.3 is 10.1 Å². The Morgan fingerprint density at radius 2 is 1.79 bits per heavy atom. The number of carbonyl (C=O) groups excluding carboxylic acids is 1. The summed E-state index contributed by atoms with van der Waals surface area (Å²) in [5, 5.41) is 7.02. The SMILES string of the molecule is CCn1nc(NC(=O)c2ccc(OC(F)(F)F)cc2)cc1-c1ccc(Br)cc1. The number of rotatable bonds is 5. The molecule has 9 heteroatoms. The molecule has 1 N–H and O–H groups in total. The summed E-state index contributed by atoms with van der Waals surface area (Å²) in [6, 6.07) is 14.1. The zero-order chi connectivity index (χ0) is 20.3. The number of halogens is 4. The van der Waals surface area contributed by atoms with E-state index in [0.29, 0.717) is 12.4 Å². The van der Waals surface area contributed by atoms with Gasteiger partial charge in [-0.3, -0.25) is 9.48 Å². The number of hydrogen-bond acceptors (Lipinski definition) is 3. The first-order chi connectivity index (χ1) is 13.2. The molecule has 0 radical (unpaired) electrons. The molecule has 0 saturated carbocycles. The third-order valence-corrected chi connectivity index (χ3v) is 4.34. The Morgan fingerprint density at radius 3 is 2.36 bits per heavy atom. The molecule has 1 amide bonds. The lowest BCUT2D eigenvalue weighted by Crippen LogP contribution is -2.17. The van der Waals surface area contributed by atoms with Gasteiger partial charge in [0.2, 0.25) is 0 Å². The molecule has 0 atom stereocenters. The molecule has 0 aliphatic rings. The minimum absolute atomic E-state index is 0.186. The molecular weight excluding hydrogens is 439 g/mol. The molecule has 0 spiro atoms. The number of amides is 1. The van der Waals surface area contributed by atoms with Crippen molar-refractivity contribution < 1.29 is 22.7 Å². The Bertz CT molecular complexity index is 968. The summed E-state index contributed by atoms with van der Waals surface area (Å²) in [6.07, 6.45) is -4.78. The predicted molar refractivity (Wildman–Crippen MR) is 102 cm³/mol. The molecule has 3 aromatic rings. The van der Waals surface area contributed by atoms with Crippen LogP contribution >= 0.6 is 15.9 Å². The van der Waals surface area contributed by atoms with Gasteiger partial charge in [-0.25, -0.2) is 0 Å². The zero-order valence-corrected chi connectivity index (χ0v) is 16.2. The summed E-state index contributed by atoms with van der Waals surface area (Å²) in [5.41, 5.74) is 1.96. The van der Waals surface area contributed by atoms with Crippen molar-refractivity contribution in [3.05, 3.63) is 64.6 Å². The Morgan fingerprint density at radius 1 is 1.14 bits per heavy atom. The first-order valence-corrected chi connectivity index (χ1v) is 9.05. The number of ether oxygens (including phenoxy) is 1. The monoisotopic (exact) mass is 453 g/mol. The minimum Gasteiger partial charge on any atom is -0.406 e. The number of hydrogen-bond donors (Lipinski definition) is 1. The molecule has 1 aromatic heterocycles. The molecule has 146 valence electrons. The molecule has 0 aliphatic carbocycles. The van der Waals surface area contributed by atoms with Gasteiger partial charge in [-0.05, 0) is 48.9 Å². The maximum Gasteiger partial charge on any atom is 0.573 e. The number of anilines is 1. The van der Waals surface area contributed by atoms with E-state index in [1.807, 2.05) is 31.2 Å². The van der Waals surface area contributed by atoms with Gasteiger partial charge in [-0.1, -0.05) is 28.1 Å². The van der Waals surface area contributed by atoms with Crippen LogP contribution in [-0.4, -0.2) is 22.1 Å². The van der Waals surface area contributed by atoms with Gasteiger partial charge in [0.25, 0.3) is 5.91 Å². The van der Waals surface area contributed by atoms with Crippen molar-refractivity contribution in [3.63, 3.8) is 0 Å². The molecule has 0 fully saturated rings. The summed E-state index contributed by atoms with van der Waals surface area (Å²) in [4.78, 5) is 12.4. The molecule has 0 saturated heterocycles. The molecule has 28 heavy (non-hydrogen) atoms. The van der Waals surface area contributed by atoms with Crippen LogP contribution in [-0.2, 0) is 6.54 Å². The summed E-state index contributed by atoms with van der Waals surface area (Å²) < 4.78 is 43.1. The van der Waals surface area contributed by atoms with E-state index in [1.165, 1.54) is 12.1 Å². The van der Waals surface area contributed by atoms with Crippen molar-refractivity contribution in [1.29, 1.82) is 0 Å². The van der Waals surface area contributed by atoms with Gasteiger partial charge in [0.1, 0.15) is 5.75 Å². The lowest BCUT2D eigenvalue weighted by Gasteiger charge is -2.09. The van der Waals surface area contributed by atoms with Crippen LogP contribution in [0.1, 0.15) is 17.3 Å². The predicted octanol–water partition coefficient (Wildman–Crippen LogP) is 5.48. The van der Waals surface area contributed by atoms with Crippen LogP contribution in [0.4, 0.5) is 19.0 Å². The topological polar surface area (TPSA) is 56.2 Å². The molecule has 0 bridgehead atoms. The van der Waals surface area contributed by atoms with Crippen LogP contribution in [0.25, 0.3) is 11.3 Å². The number of aryl methyl sites for hydroxylation is 1. The van der Waals surface area contributed by atoms with E-state index in [4.69, 9.17) is 0 Å². The van der Waals surface area contributed by atoms with E-state index >= 15 is 0 Å². The highest BCUT2D eigenvalue weighted by Crippen LogP contribution is 2.26. The summed E-state index contributed by atoms with van der Waals surface area (Å²) >= 11 is 3.39. The second kappa shape index (κ2) is 8.05. The van der Waals surface area contributed by atoms with Crippen LogP contribution in [0.15, 0.2) is 59.1 Å². The number of alkyl halides is 3. The Hall–Kier alpha value is -2.81. The van der Waals surface area contributed by atoms with Crippen LogP contribution in [0.5, 0.6) is 5.75 Å². The summed E-state index contributed by atoms with van der Waals surface area (Å²) in [5.74, 6) is -0.529. The maximum absolute atomic E-state index is 12.4. The van der Waals surface area contributed by atoms with Crippen molar-refractivity contribution in [1.82, 2.24) is 9.78 Å². The fourth-order valence-electron chi connectivity index (χ4n) is 2.57. The van der Waals surface area contributed by atoms with E-state index in [2.05, 4.69) is 31.1 Å². The van der Waals surface area contributed by atoms with E-state index < -0.39 is 18.0 Å². The van der Waals surface area contributed by atoms with Gasteiger partial charge in [-0.15, -0.1) is 13.2 Å². The zero-order valence-electron chi connectivity index (χ0n) is 14.6. The lowest BCUT2D eigenvalue weighted by atomic mass is 10.1. The second-order valence-electron chi connectivity index (χ2n) is 5.76. The van der Waals surface area contributed by atoms with Crippen molar-refractivity contribution in [3.8, 4) is 17.0 Å². The minimum atomic E-state index is -4.78. The fourth-order valence-corrected chi connectivity index (χ4v) is 2.83. The van der Waals surface area contributed by atoms with Crippen LogP contribution in [0.3, 0.4) is 0 Å². The molecule has 3 rings (SSSR count). The maximum atomic E-state index is 12.4. The van der Waals surface area contributed by atoms with Gasteiger partial charge in [0.05, 0.1) is 5.69 Å². The second-order valence-corrected chi connectivity index (χ2v) is 6.68. The lowest BCUT2D eigenvalue weighted by molar-refractivity contribution is -0.274. The molecule has 0 aliphatic heterocycles. The van der Waals surface area contributed by atoms with Crippen LogP contribution in [0.2, 0.25) is 0 Å². The van der Waals surface area contributed by atoms with Gasteiger partial charge in [0, 0.05) is 22.6 Å². The molecule has 1 heterocycles. The van der Waals surface area contributed by atoms with Gasteiger partial charge in [0.15, 0.2) is 5.82 Å². The third kappa shape index (κ3) is 4.92. The van der Waals surface area contributed by atoms with Gasteiger partial charge in [-0.2, -0.15) is 5.10 Å². The summed E-state index contributed by atoms with van der Waals surface area (Å²) in [7, 11) is 0. The largest absolute Gasteiger partial charge is 0.573 e. The summed E-state index contributed by atoms with van der Waals surface area (Å²) in [6.45, 7) is 2.53. The molecule has 0 unspecified atom stereocenters. The number of nitrogens with one attached hydrogen (secondary N) is 1. The molecule has 2 aromatic carbocycles. The highest BCUT2D eigenvalue weighted by Gasteiger charge is 2.31. The van der Waals surface area contributed by atoms with Crippen molar-refractivity contribution in [2.45, 2.75) is 19.8 Å². The average Bonchev–Trinajstić information content (AvgIpc) is 3.04. The molecule has 5 nitrogen and oxygen atoms in total. The fraction of sp³-hybridized carbons (Fsp3) is 0.158. The highest BCUT2D eigenvalue weighted by atomic mass is 79.9. The van der Waals surface area contributed by atoms with E-state index in [1.54, 1.807) is 10.7 Å². The van der Waals surface area contributed by atoms with E-state index in [9.17, 15) is 18.0 Å². The quantitative estimate of drug-likeness (QED) is 0.556. The van der Waals surface area contributed by atoms with Crippen LogP contribution in [0, 0.1) is 0 Å². The van der Waals surface area contributed by atoms with Gasteiger partial charge >= 0.3 is 6.36 Å². The number of carbonyl (C=O) groups is 1. The Kier molecular flexibility index (Phi) is 5.73. The third-order valence-electron chi connectivity index (χ3n) is 3.81. The smallest absolute Gasteiger partial charge is 0.406 e. The normalized spacial score (nSPS) is 11.3. The van der Waals surface area contributed by atoms with Crippen molar-refractivity contribution in [2.75, 3.05) is 5.32 Å². The number of nitrogens with zero attached hydrogens (tertiary/aromatic N) is 2. The van der Waals surface area contributed by atoms with Crippen LogP contribution < -0.4 is 10.1 Å². The van der Waals surface area contributed by atoms with E-state index in [-0.39, 0.29) is 5.56 Å². The first kappa shape index (κ1) is 19.9. The average molecular weight is 454 g/mol. The number of benzene rings is 2. The first-order valence-electron chi connectivity index (χ1n) is 8.26. The standard InChI is InChI=1S/C19H15BrF3N3O2/c1-2-26-16(12-3-7-14(20)8-4-12)11-17(25-26)24-18(27)13-5-9-15(10-6-13)28-19(21,22)23/h3-11H,2H2,1H3,(H,24,25,27). The molecular formula is C19H15BrF3N3O2. The van der Waals surface area contributed by atoms with Crippen molar-refractivity contribution in [2.24, 2.45) is 0 Å². The number of aromatic nitrogens is 2. The van der Waals surface area contributed by atoms with E-state index in [0.717, 1.165) is 27.9 Å².